The van der Waals surface area contributed by atoms with E-state index in [4.69, 9.17) is 10.2 Å². The average Bonchev–Trinajstić information content (AvgIpc) is 3.08. The number of nitrogens with one attached hydrogen (secondary N) is 1. The normalized spacial score (nSPS) is 17.4. The summed E-state index contributed by atoms with van der Waals surface area (Å²) in [5.41, 5.74) is 1.22. The molecule has 0 bridgehead atoms. The van der Waals surface area contributed by atoms with Crippen molar-refractivity contribution in [3.05, 3.63) is 30.4 Å². The van der Waals surface area contributed by atoms with Crippen LogP contribution in [-0.4, -0.2) is 33.0 Å². The van der Waals surface area contributed by atoms with Crippen molar-refractivity contribution < 1.29 is 0 Å². The van der Waals surface area contributed by atoms with Crippen molar-refractivity contribution in [1.29, 1.82) is 5.26 Å². The second kappa shape index (κ2) is 6.61. The molecule has 0 spiro atoms. The Kier molecular flexibility index (Phi) is 4.15. The predicted molar refractivity (Wildman–Crippen MR) is 98.1 cm³/mol. The molecule has 126 valence electrons. The van der Waals surface area contributed by atoms with Crippen molar-refractivity contribution in [2.45, 2.75) is 19.8 Å². The number of hydrogen-bond donors (Lipinski definition) is 1. The number of nitriles is 1. The molecule has 4 heterocycles. The van der Waals surface area contributed by atoms with Gasteiger partial charge in [0.2, 0.25) is 0 Å². The van der Waals surface area contributed by atoms with Crippen LogP contribution >= 0.6 is 11.3 Å². The van der Waals surface area contributed by atoms with E-state index in [1.54, 1.807) is 17.5 Å². The van der Waals surface area contributed by atoms with Gasteiger partial charge in [0, 0.05) is 19.3 Å². The Morgan fingerprint density at radius 2 is 2.24 bits per heavy atom. The fourth-order valence-corrected chi connectivity index (χ4v) is 4.04. The molecule has 3 aromatic heterocycles. The molecule has 0 saturated carbocycles. The number of rotatable bonds is 3. The number of aromatic nitrogens is 4. The van der Waals surface area contributed by atoms with Gasteiger partial charge >= 0.3 is 0 Å². The quantitative estimate of drug-likeness (QED) is 0.774. The van der Waals surface area contributed by atoms with Crippen molar-refractivity contribution in [3.63, 3.8) is 0 Å². The Hall–Kier alpha value is -2.79. The zero-order valence-corrected chi connectivity index (χ0v) is 14.6. The van der Waals surface area contributed by atoms with Crippen molar-refractivity contribution >= 4 is 38.3 Å². The lowest BCUT2D eigenvalue weighted by Gasteiger charge is -2.30. The van der Waals surface area contributed by atoms with Gasteiger partial charge in [0.1, 0.15) is 11.9 Å². The lowest BCUT2D eigenvalue weighted by Crippen LogP contribution is -2.34. The number of anilines is 3. The zero-order valence-electron chi connectivity index (χ0n) is 13.8. The van der Waals surface area contributed by atoms with Crippen LogP contribution in [0.4, 0.5) is 16.8 Å². The molecule has 4 rings (SSSR count). The number of nitrogens with zero attached hydrogens (tertiary/aromatic N) is 6. The molecule has 0 aliphatic carbocycles. The maximum absolute atomic E-state index is 8.81. The van der Waals surface area contributed by atoms with E-state index in [0.29, 0.717) is 17.6 Å². The van der Waals surface area contributed by atoms with Crippen molar-refractivity contribution in [3.8, 4) is 6.07 Å². The Labute approximate surface area is 149 Å². The molecule has 0 aromatic carbocycles. The van der Waals surface area contributed by atoms with Crippen LogP contribution in [0.15, 0.2) is 24.7 Å². The van der Waals surface area contributed by atoms with Crippen LogP contribution in [0, 0.1) is 17.2 Å². The first-order chi connectivity index (χ1) is 12.2. The molecule has 7 nitrogen and oxygen atoms in total. The van der Waals surface area contributed by atoms with Crippen molar-refractivity contribution in [2.24, 2.45) is 5.92 Å². The summed E-state index contributed by atoms with van der Waals surface area (Å²) in [4.78, 5) is 19.8. The number of piperidine rings is 1. The summed E-state index contributed by atoms with van der Waals surface area (Å²) in [5, 5.41) is 13.0. The highest BCUT2D eigenvalue weighted by atomic mass is 32.1. The Balaban J connectivity index is 1.64. The third kappa shape index (κ3) is 3.23. The molecule has 25 heavy (non-hydrogen) atoms. The smallest absolute Gasteiger partial charge is 0.186 e. The van der Waals surface area contributed by atoms with Crippen LogP contribution in [0.1, 0.15) is 25.5 Å². The van der Waals surface area contributed by atoms with Gasteiger partial charge < -0.3 is 10.2 Å². The minimum Gasteiger partial charge on any atom is -0.348 e. The van der Waals surface area contributed by atoms with Crippen molar-refractivity contribution in [2.75, 3.05) is 23.3 Å². The van der Waals surface area contributed by atoms with E-state index in [1.165, 1.54) is 25.2 Å². The third-order valence-corrected chi connectivity index (χ3v) is 5.37. The van der Waals surface area contributed by atoms with Gasteiger partial charge in [0.05, 0.1) is 22.6 Å². The SMILES string of the molecule is CC1CCCN(c2nc3ccnc(Nc4cnc(C#N)cn4)c3s2)C1. The predicted octanol–water partition coefficient (Wildman–Crippen LogP) is 3.33. The van der Waals surface area contributed by atoms with Crippen LogP contribution in [0.3, 0.4) is 0 Å². The molecule has 3 aromatic rings. The van der Waals surface area contributed by atoms with Gasteiger partial charge in [-0.15, -0.1) is 0 Å². The molecule has 1 fully saturated rings. The van der Waals surface area contributed by atoms with E-state index in [2.05, 4.69) is 32.1 Å². The number of thiazole rings is 1. The molecule has 1 unspecified atom stereocenters. The van der Waals surface area contributed by atoms with E-state index in [-0.39, 0.29) is 5.69 Å². The molecule has 1 saturated heterocycles. The van der Waals surface area contributed by atoms with Crippen LogP contribution in [0.2, 0.25) is 0 Å². The molecule has 0 radical (unpaired) electrons. The Bertz CT molecular complexity index is 928. The minimum atomic E-state index is 0.288. The topological polar surface area (TPSA) is 90.6 Å². The highest BCUT2D eigenvalue weighted by molar-refractivity contribution is 7.22. The lowest BCUT2D eigenvalue weighted by molar-refractivity contribution is 0.446. The largest absolute Gasteiger partial charge is 0.348 e. The fraction of sp³-hybridized carbons (Fsp3) is 0.353. The Morgan fingerprint density at radius 1 is 1.32 bits per heavy atom. The van der Waals surface area contributed by atoms with E-state index >= 15 is 0 Å². The zero-order chi connectivity index (χ0) is 17.2. The molecule has 1 aliphatic heterocycles. The summed E-state index contributed by atoms with van der Waals surface area (Å²) in [5.74, 6) is 1.97. The summed E-state index contributed by atoms with van der Waals surface area (Å²) >= 11 is 1.65. The molecule has 1 aliphatic rings. The molecule has 1 N–H and O–H groups in total. The van der Waals surface area contributed by atoms with Gasteiger partial charge in [-0.2, -0.15) is 5.26 Å². The highest BCUT2D eigenvalue weighted by Crippen LogP contribution is 2.35. The van der Waals surface area contributed by atoms with Crippen LogP contribution in [-0.2, 0) is 0 Å². The second-order valence-corrected chi connectivity index (χ2v) is 7.20. The van der Waals surface area contributed by atoms with Gasteiger partial charge in [0.15, 0.2) is 16.6 Å². The standard InChI is InChI=1S/C17H17N7S/c1-11-3-2-6-24(10-11)17-22-13-4-5-19-16(15(13)25-17)23-14-9-20-12(7-18)8-21-14/h4-5,8-9,11H,2-3,6,10H2,1H3,(H,19,21,23). The van der Waals surface area contributed by atoms with Crippen molar-refractivity contribution in [1.82, 2.24) is 19.9 Å². The number of fused-ring (bicyclic) bond motifs is 1. The molecular formula is C17H17N7S. The van der Waals surface area contributed by atoms with Gasteiger partial charge in [-0.25, -0.2) is 19.9 Å². The van der Waals surface area contributed by atoms with Crippen LogP contribution < -0.4 is 10.2 Å². The molecule has 0 amide bonds. The summed E-state index contributed by atoms with van der Waals surface area (Å²) < 4.78 is 1.00. The maximum Gasteiger partial charge on any atom is 0.186 e. The van der Waals surface area contributed by atoms with Gasteiger partial charge in [0.25, 0.3) is 0 Å². The van der Waals surface area contributed by atoms with E-state index < -0.39 is 0 Å². The van der Waals surface area contributed by atoms with Gasteiger partial charge in [-0.05, 0) is 24.8 Å². The maximum atomic E-state index is 8.81. The summed E-state index contributed by atoms with van der Waals surface area (Å²) in [6.45, 7) is 4.40. The summed E-state index contributed by atoms with van der Waals surface area (Å²) in [6, 6.07) is 3.89. The second-order valence-electron chi connectivity index (χ2n) is 6.22. The van der Waals surface area contributed by atoms with Crippen LogP contribution in [0.25, 0.3) is 10.2 Å². The summed E-state index contributed by atoms with van der Waals surface area (Å²) in [7, 11) is 0. The van der Waals surface area contributed by atoms with E-state index in [0.717, 1.165) is 28.4 Å². The summed E-state index contributed by atoms with van der Waals surface area (Å²) in [6.07, 6.45) is 7.21. The Morgan fingerprint density at radius 3 is 3.00 bits per heavy atom. The monoisotopic (exact) mass is 351 g/mol. The minimum absolute atomic E-state index is 0.288. The lowest BCUT2D eigenvalue weighted by atomic mass is 10.0. The number of pyridine rings is 1. The first-order valence-corrected chi connectivity index (χ1v) is 9.04. The van der Waals surface area contributed by atoms with E-state index in [1.807, 2.05) is 12.1 Å². The van der Waals surface area contributed by atoms with Gasteiger partial charge in [-0.1, -0.05) is 18.3 Å². The molecular weight excluding hydrogens is 334 g/mol. The van der Waals surface area contributed by atoms with Gasteiger partial charge in [-0.3, -0.25) is 0 Å². The van der Waals surface area contributed by atoms with Crippen LogP contribution in [0.5, 0.6) is 0 Å². The molecule has 1 atom stereocenters. The first-order valence-electron chi connectivity index (χ1n) is 8.22. The third-order valence-electron chi connectivity index (χ3n) is 4.23. The number of hydrogen-bond acceptors (Lipinski definition) is 8. The first kappa shape index (κ1) is 15.7. The molecule has 8 heteroatoms. The fourth-order valence-electron chi connectivity index (χ4n) is 3.00. The average molecular weight is 351 g/mol. The highest BCUT2D eigenvalue weighted by Gasteiger charge is 2.20. The van der Waals surface area contributed by atoms with E-state index in [9.17, 15) is 0 Å².